The van der Waals surface area contributed by atoms with E-state index in [0.717, 1.165) is 18.5 Å². The van der Waals surface area contributed by atoms with Gasteiger partial charge in [0.05, 0.1) is 0 Å². The van der Waals surface area contributed by atoms with Gasteiger partial charge < -0.3 is 4.90 Å². The highest BCUT2D eigenvalue weighted by Gasteiger charge is 2.50. The molecule has 0 spiro atoms. The lowest BCUT2D eigenvalue weighted by atomic mass is 9.65. The summed E-state index contributed by atoms with van der Waals surface area (Å²) >= 11 is 0. The largest absolute Gasteiger partial charge is 0.335 e. The van der Waals surface area contributed by atoms with Gasteiger partial charge in [0.2, 0.25) is 0 Å². The molecule has 2 aliphatic rings. The van der Waals surface area contributed by atoms with Crippen LogP contribution in [0.3, 0.4) is 0 Å². The number of nitrogens with zero attached hydrogens (tertiary/aromatic N) is 1. The molecule has 1 aromatic carbocycles. The molecule has 3 rings (SSSR count). The average Bonchev–Trinajstić information content (AvgIpc) is 2.59. The first-order chi connectivity index (χ1) is 8.89. The summed E-state index contributed by atoms with van der Waals surface area (Å²) in [6.45, 7) is 7.95. The fourth-order valence-electron chi connectivity index (χ4n) is 4.44. The van der Waals surface area contributed by atoms with Gasteiger partial charge in [0.1, 0.15) is 0 Å². The molecule has 1 aliphatic heterocycles. The molecule has 19 heavy (non-hydrogen) atoms. The first-order valence-electron chi connectivity index (χ1n) is 7.25. The summed E-state index contributed by atoms with van der Waals surface area (Å²) in [4.78, 5) is 14.8. The maximum atomic E-state index is 12.7. The number of rotatable bonds is 1. The van der Waals surface area contributed by atoms with Gasteiger partial charge in [-0.3, -0.25) is 4.79 Å². The molecule has 2 fully saturated rings. The van der Waals surface area contributed by atoms with Crippen molar-refractivity contribution in [2.24, 2.45) is 10.8 Å². The summed E-state index contributed by atoms with van der Waals surface area (Å²) in [5, 5.41) is 0. The molecule has 1 amide bonds. The monoisotopic (exact) mass is 257 g/mol. The molecule has 2 atom stereocenters. The average molecular weight is 257 g/mol. The zero-order valence-corrected chi connectivity index (χ0v) is 12.1. The Labute approximate surface area is 115 Å². The lowest BCUT2D eigenvalue weighted by Gasteiger charge is -2.39. The minimum Gasteiger partial charge on any atom is -0.335 e. The number of amides is 1. The Morgan fingerprint density at radius 3 is 2.53 bits per heavy atom. The Balaban J connectivity index is 1.86. The molecule has 1 saturated heterocycles. The Morgan fingerprint density at radius 2 is 1.84 bits per heavy atom. The van der Waals surface area contributed by atoms with Crippen molar-refractivity contribution in [2.45, 2.75) is 46.1 Å². The third kappa shape index (κ3) is 2.29. The molecule has 1 saturated carbocycles. The van der Waals surface area contributed by atoms with Gasteiger partial charge >= 0.3 is 0 Å². The highest BCUT2D eigenvalue weighted by molar-refractivity contribution is 5.94. The van der Waals surface area contributed by atoms with Crippen molar-refractivity contribution in [3.05, 3.63) is 35.9 Å². The SMILES string of the molecule is CC1(C)CC2C[C@@](C)(CN2C(=O)c2ccccc2)C1. The smallest absolute Gasteiger partial charge is 0.254 e. The molecule has 1 unspecified atom stereocenters. The fraction of sp³-hybridized carbons (Fsp3) is 0.588. The second-order valence-corrected chi connectivity index (χ2v) is 7.51. The number of benzene rings is 1. The third-order valence-electron chi connectivity index (χ3n) is 4.70. The molecular weight excluding hydrogens is 234 g/mol. The lowest BCUT2D eigenvalue weighted by Crippen LogP contribution is -2.37. The molecule has 2 nitrogen and oxygen atoms in total. The number of fused-ring (bicyclic) bond motifs is 2. The van der Waals surface area contributed by atoms with Crippen molar-refractivity contribution in [1.29, 1.82) is 0 Å². The van der Waals surface area contributed by atoms with Crippen LogP contribution in [0.15, 0.2) is 30.3 Å². The highest BCUT2D eigenvalue weighted by atomic mass is 16.2. The summed E-state index contributed by atoms with van der Waals surface area (Å²) in [6.07, 6.45) is 3.55. The van der Waals surface area contributed by atoms with Gasteiger partial charge in [-0.05, 0) is 42.2 Å². The van der Waals surface area contributed by atoms with E-state index in [9.17, 15) is 4.79 Å². The van der Waals surface area contributed by atoms with Crippen LogP contribution in [0, 0.1) is 10.8 Å². The van der Waals surface area contributed by atoms with Crippen LogP contribution >= 0.6 is 0 Å². The maximum absolute atomic E-state index is 12.7. The van der Waals surface area contributed by atoms with E-state index >= 15 is 0 Å². The second kappa shape index (κ2) is 4.09. The number of carbonyl (C=O) groups is 1. The van der Waals surface area contributed by atoms with Crippen LogP contribution in [-0.4, -0.2) is 23.4 Å². The Bertz CT molecular complexity index is 493. The van der Waals surface area contributed by atoms with Crippen LogP contribution in [0.1, 0.15) is 50.4 Å². The molecule has 0 N–H and O–H groups in total. The first-order valence-corrected chi connectivity index (χ1v) is 7.25. The highest BCUT2D eigenvalue weighted by Crippen LogP contribution is 2.52. The number of hydrogen-bond acceptors (Lipinski definition) is 1. The minimum atomic E-state index is 0.215. The Kier molecular flexibility index (Phi) is 2.74. The van der Waals surface area contributed by atoms with E-state index in [1.165, 1.54) is 12.8 Å². The van der Waals surface area contributed by atoms with Crippen LogP contribution in [0.2, 0.25) is 0 Å². The van der Waals surface area contributed by atoms with Crippen LogP contribution in [-0.2, 0) is 0 Å². The number of likely N-dealkylation sites (tertiary alicyclic amines) is 1. The molecule has 2 heteroatoms. The molecule has 1 aromatic rings. The van der Waals surface area contributed by atoms with Crippen molar-refractivity contribution >= 4 is 5.91 Å². The van der Waals surface area contributed by atoms with E-state index in [1.807, 2.05) is 30.3 Å². The van der Waals surface area contributed by atoms with Crippen LogP contribution in [0.5, 0.6) is 0 Å². The quantitative estimate of drug-likeness (QED) is 0.750. The van der Waals surface area contributed by atoms with Crippen molar-refractivity contribution in [2.75, 3.05) is 6.54 Å². The molecule has 2 bridgehead atoms. The molecular formula is C17H23NO. The van der Waals surface area contributed by atoms with Gasteiger partial charge in [-0.1, -0.05) is 39.0 Å². The Morgan fingerprint density at radius 1 is 1.16 bits per heavy atom. The van der Waals surface area contributed by atoms with Gasteiger partial charge in [-0.25, -0.2) is 0 Å². The van der Waals surface area contributed by atoms with Gasteiger partial charge in [-0.15, -0.1) is 0 Å². The van der Waals surface area contributed by atoms with E-state index in [2.05, 4.69) is 25.7 Å². The predicted molar refractivity (Wildman–Crippen MR) is 77.0 cm³/mol. The van der Waals surface area contributed by atoms with E-state index in [4.69, 9.17) is 0 Å². The van der Waals surface area contributed by atoms with Crippen molar-refractivity contribution in [1.82, 2.24) is 4.90 Å². The zero-order chi connectivity index (χ0) is 13.7. The van der Waals surface area contributed by atoms with E-state index in [-0.39, 0.29) is 5.91 Å². The van der Waals surface area contributed by atoms with E-state index in [1.54, 1.807) is 0 Å². The van der Waals surface area contributed by atoms with Crippen molar-refractivity contribution in [3.63, 3.8) is 0 Å². The molecule has 0 radical (unpaired) electrons. The maximum Gasteiger partial charge on any atom is 0.254 e. The normalized spacial score (nSPS) is 32.4. The summed E-state index contributed by atoms with van der Waals surface area (Å²) in [6, 6.07) is 10.1. The summed E-state index contributed by atoms with van der Waals surface area (Å²) in [5.41, 5.74) is 1.51. The molecule has 0 aromatic heterocycles. The van der Waals surface area contributed by atoms with Gasteiger partial charge in [0.25, 0.3) is 5.91 Å². The number of hydrogen-bond donors (Lipinski definition) is 0. The first kappa shape index (κ1) is 12.7. The summed E-state index contributed by atoms with van der Waals surface area (Å²) < 4.78 is 0. The number of carbonyl (C=O) groups excluding carboxylic acids is 1. The fourth-order valence-corrected chi connectivity index (χ4v) is 4.44. The third-order valence-corrected chi connectivity index (χ3v) is 4.70. The van der Waals surface area contributed by atoms with E-state index in [0.29, 0.717) is 16.9 Å². The minimum absolute atomic E-state index is 0.215. The van der Waals surface area contributed by atoms with Gasteiger partial charge in [0, 0.05) is 18.2 Å². The molecule has 1 aliphatic carbocycles. The van der Waals surface area contributed by atoms with Gasteiger partial charge in [-0.2, -0.15) is 0 Å². The van der Waals surface area contributed by atoms with Crippen molar-refractivity contribution < 1.29 is 4.79 Å². The lowest BCUT2D eigenvalue weighted by molar-refractivity contribution is 0.0708. The van der Waals surface area contributed by atoms with Crippen LogP contribution < -0.4 is 0 Å². The Hall–Kier alpha value is -1.31. The summed E-state index contributed by atoms with van der Waals surface area (Å²) in [7, 11) is 0. The molecule has 102 valence electrons. The van der Waals surface area contributed by atoms with E-state index < -0.39 is 0 Å². The molecule has 1 heterocycles. The van der Waals surface area contributed by atoms with Gasteiger partial charge in [0.15, 0.2) is 0 Å². The summed E-state index contributed by atoms with van der Waals surface area (Å²) in [5.74, 6) is 0.215. The van der Waals surface area contributed by atoms with Crippen molar-refractivity contribution in [3.8, 4) is 0 Å². The standard InChI is InChI=1S/C17H23NO/c1-16(2)9-14-10-17(3,11-16)12-18(14)15(19)13-7-5-4-6-8-13/h4-8,14H,9-12H2,1-3H3/t14?,17-/m1/s1. The second-order valence-electron chi connectivity index (χ2n) is 7.51. The van der Waals surface area contributed by atoms with Crippen LogP contribution in [0.25, 0.3) is 0 Å². The predicted octanol–water partition coefficient (Wildman–Crippen LogP) is 3.73. The topological polar surface area (TPSA) is 20.3 Å². The zero-order valence-electron chi connectivity index (χ0n) is 12.1. The van der Waals surface area contributed by atoms with Crippen LogP contribution in [0.4, 0.5) is 0 Å².